The third-order valence-corrected chi connectivity index (χ3v) is 5.97. The van der Waals surface area contributed by atoms with Gasteiger partial charge in [0.2, 0.25) is 0 Å². The van der Waals surface area contributed by atoms with Crippen molar-refractivity contribution in [2.45, 2.75) is 34.2 Å². The molecular formula is C19H26N6O4S2. The average Bonchev–Trinajstić information content (AvgIpc) is 3.29. The summed E-state index contributed by atoms with van der Waals surface area (Å²) in [5.41, 5.74) is 6.50. The number of ether oxygens (including phenoxy) is 1. The van der Waals surface area contributed by atoms with Crippen LogP contribution in [0.25, 0.3) is 0 Å². The Morgan fingerprint density at radius 1 is 1.26 bits per heavy atom. The SMILES string of the molecule is CCN(CC)C(=O)c1sc(NC(=S)Nc2cn(CC)nc2C(N)=O)c(C(=O)OC)c1C. The lowest BCUT2D eigenvalue weighted by Gasteiger charge is -2.17. The number of thiophene rings is 1. The Kier molecular flexibility index (Phi) is 8.11. The normalized spacial score (nSPS) is 10.5. The molecule has 2 amide bonds. The maximum absolute atomic E-state index is 12.9. The zero-order chi connectivity index (χ0) is 23.3. The number of aryl methyl sites for hydroxylation is 1. The number of methoxy groups -OCH3 is 1. The van der Waals surface area contributed by atoms with Crippen LogP contribution in [0.3, 0.4) is 0 Å². The van der Waals surface area contributed by atoms with Crippen LogP contribution in [0.1, 0.15) is 56.9 Å². The van der Waals surface area contributed by atoms with Gasteiger partial charge in [-0.1, -0.05) is 0 Å². The molecule has 2 heterocycles. The van der Waals surface area contributed by atoms with E-state index in [1.54, 1.807) is 22.7 Å². The Balaban J connectivity index is 2.37. The van der Waals surface area contributed by atoms with Gasteiger partial charge in [-0.15, -0.1) is 11.3 Å². The zero-order valence-electron chi connectivity index (χ0n) is 18.1. The predicted molar refractivity (Wildman–Crippen MR) is 124 cm³/mol. The van der Waals surface area contributed by atoms with E-state index >= 15 is 0 Å². The summed E-state index contributed by atoms with van der Waals surface area (Å²) in [7, 11) is 1.27. The fourth-order valence-electron chi connectivity index (χ4n) is 2.92. The van der Waals surface area contributed by atoms with E-state index in [9.17, 15) is 14.4 Å². The van der Waals surface area contributed by atoms with E-state index in [0.717, 1.165) is 11.3 Å². The van der Waals surface area contributed by atoms with Crippen LogP contribution in [0.2, 0.25) is 0 Å². The second-order valence-electron chi connectivity index (χ2n) is 6.42. The highest BCUT2D eigenvalue weighted by molar-refractivity contribution is 7.80. The fraction of sp³-hybridized carbons (Fsp3) is 0.421. The average molecular weight is 467 g/mol. The molecule has 0 aliphatic carbocycles. The third-order valence-electron chi connectivity index (χ3n) is 4.58. The summed E-state index contributed by atoms with van der Waals surface area (Å²) >= 11 is 6.47. The van der Waals surface area contributed by atoms with Crippen LogP contribution in [0.5, 0.6) is 0 Å². The number of amides is 2. The molecular weight excluding hydrogens is 440 g/mol. The lowest BCUT2D eigenvalue weighted by atomic mass is 10.1. The van der Waals surface area contributed by atoms with E-state index in [2.05, 4.69) is 15.7 Å². The minimum Gasteiger partial charge on any atom is -0.465 e. The fourth-order valence-corrected chi connectivity index (χ4v) is 4.37. The lowest BCUT2D eigenvalue weighted by Crippen LogP contribution is -2.30. The highest BCUT2D eigenvalue weighted by Gasteiger charge is 2.28. The highest BCUT2D eigenvalue weighted by atomic mass is 32.1. The molecule has 0 aliphatic heterocycles. The van der Waals surface area contributed by atoms with Crippen LogP contribution >= 0.6 is 23.6 Å². The molecule has 0 saturated heterocycles. The molecule has 0 aromatic carbocycles. The summed E-state index contributed by atoms with van der Waals surface area (Å²) in [6, 6.07) is 0. The van der Waals surface area contributed by atoms with Crippen molar-refractivity contribution in [1.29, 1.82) is 0 Å². The Bertz CT molecular complexity index is 1010. The molecule has 2 aromatic rings. The topological polar surface area (TPSA) is 132 Å². The minimum atomic E-state index is -0.702. The van der Waals surface area contributed by atoms with Crippen molar-refractivity contribution in [2.24, 2.45) is 5.73 Å². The van der Waals surface area contributed by atoms with Crippen molar-refractivity contribution < 1.29 is 19.1 Å². The summed E-state index contributed by atoms with van der Waals surface area (Å²) in [5, 5.41) is 10.4. The first-order chi connectivity index (χ1) is 14.7. The third kappa shape index (κ3) is 5.20. The number of nitrogens with one attached hydrogen (secondary N) is 2. The number of anilines is 2. The van der Waals surface area contributed by atoms with Gasteiger partial charge >= 0.3 is 5.97 Å². The van der Waals surface area contributed by atoms with Crippen molar-refractivity contribution >= 4 is 57.1 Å². The molecule has 12 heteroatoms. The van der Waals surface area contributed by atoms with E-state index in [1.807, 2.05) is 20.8 Å². The molecule has 168 valence electrons. The van der Waals surface area contributed by atoms with E-state index < -0.39 is 11.9 Å². The number of nitrogens with zero attached hydrogens (tertiary/aromatic N) is 3. The number of rotatable bonds is 8. The maximum Gasteiger partial charge on any atom is 0.341 e. The van der Waals surface area contributed by atoms with Gasteiger partial charge in [0.05, 0.1) is 23.2 Å². The Morgan fingerprint density at radius 3 is 2.42 bits per heavy atom. The smallest absolute Gasteiger partial charge is 0.341 e. The van der Waals surface area contributed by atoms with Crippen molar-refractivity contribution in [3.63, 3.8) is 0 Å². The van der Waals surface area contributed by atoms with Gasteiger partial charge in [0.15, 0.2) is 10.8 Å². The molecule has 10 nitrogen and oxygen atoms in total. The second-order valence-corrected chi connectivity index (χ2v) is 7.85. The Morgan fingerprint density at radius 2 is 1.90 bits per heavy atom. The molecule has 2 aromatic heterocycles. The second kappa shape index (κ2) is 10.4. The van der Waals surface area contributed by atoms with Gasteiger partial charge in [-0.25, -0.2) is 4.79 Å². The van der Waals surface area contributed by atoms with Gasteiger partial charge in [-0.3, -0.25) is 14.3 Å². The first-order valence-electron chi connectivity index (χ1n) is 9.64. The number of carbonyl (C=O) groups is 3. The summed E-state index contributed by atoms with van der Waals surface area (Å²) in [5.74, 6) is -1.47. The van der Waals surface area contributed by atoms with Crippen molar-refractivity contribution in [2.75, 3.05) is 30.8 Å². The first-order valence-corrected chi connectivity index (χ1v) is 10.9. The number of hydrogen-bond donors (Lipinski definition) is 3. The largest absolute Gasteiger partial charge is 0.465 e. The summed E-state index contributed by atoms with van der Waals surface area (Å²) < 4.78 is 6.44. The number of thiocarbonyl (C=S) groups is 1. The monoisotopic (exact) mass is 466 g/mol. The molecule has 0 spiro atoms. The molecule has 0 bridgehead atoms. The van der Waals surface area contributed by atoms with E-state index in [1.165, 1.54) is 7.11 Å². The van der Waals surface area contributed by atoms with Crippen molar-refractivity contribution in [3.05, 3.63) is 27.9 Å². The van der Waals surface area contributed by atoms with Crippen LogP contribution in [0, 0.1) is 6.92 Å². The van der Waals surface area contributed by atoms with E-state index in [4.69, 9.17) is 22.7 Å². The zero-order valence-corrected chi connectivity index (χ0v) is 19.7. The van der Waals surface area contributed by atoms with Crippen LogP contribution in [0.15, 0.2) is 6.20 Å². The van der Waals surface area contributed by atoms with Crippen LogP contribution in [0.4, 0.5) is 10.7 Å². The van der Waals surface area contributed by atoms with Gasteiger partial charge in [-0.2, -0.15) is 5.10 Å². The standard InChI is InChI=1S/C19H26N6O4S2/c1-6-24(7-2)17(27)14-10(4)12(18(28)29-5)16(31-14)22-19(30)21-11-9-25(8-3)23-13(11)15(20)26/h9H,6-8H2,1-5H3,(H2,20,26)(H2,21,22,30). The molecule has 0 fully saturated rings. The van der Waals surface area contributed by atoms with Crippen molar-refractivity contribution in [3.8, 4) is 0 Å². The molecule has 31 heavy (non-hydrogen) atoms. The lowest BCUT2D eigenvalue weighted by molar-refractivity contribution is 0.0601. The van der Waals surface area contributed by atoms with Gasteiger partial charge < -0.3 is 26.0 Å². The molecule has 4 N–H and O–H groups in total. The number of primary amides is 1. The van der Waals surface area contributed by atoms with Gasteiger partial charge in [0.25, 0.3) is 11.8 Å². The molecule has 0 unspecified atom stereocenters. The molecule has 2 rings (SSSR count). The molecule has 0 atom stereocenters. The number of carbonyl (C=O) groups excluding carboxylic acids is 3. The number of aromatic nitrogens is 2. The van der Waals surface area contributed by atoms with Gasteiger partial charge in [0, 0.05) is 25.8 Å². The van der Waals surface area contributed by atoms with Crippen molar-refractivity contribution in [1.82, 2.24) is 14.7 Å². The number of esters is 1. The highest BCUT2D eigenvalue weighted by Crippen LogP contribution is 2.34. The predicted octanol–water partition coefficient (Wildman–Crippen LogP) is 2.45. The Hall–Kier alpha value is -2.99. The minimum absolute atomic E-state index is 0.0407. The van der Waals surface area contributed by atoms with E-state index in [-0.39, 0.29) is 22.3 Å². The van der Waals surface area contributed by atoms with Gasteiger partial charge in [-0.05, 0) is 45.5 Å². The van der Waals surface area contributed by atoms with Gasteiger partial charge in [0.1, 0.15) is 5.00 Å². The van der Waals surface area contributed by atoms with Crippen LogP contribution in [-0.2, 0) is 11.3 Å². The van der Waals surface area contributed by atoms with E-state index in [0.29, 0.717) is 40.8 Å². The number of hydrogen-bond acceptors (Lipinski definition) is 7. The van der Waals surface area contributed by atoms with Crippen LogP contribution in [-0.4, -0.2) is 57.8 Å². The molecule has 0 radical (unpaired) electrons. The molecule has 0 saturated carbocycles. The summed E-state index contributed by atoms with van der Waals surface area (Å²) in [6.07, 6.45) is 1.60. The quantitative estimate of drug-likeness (QED) is 0.399. The Labute approximate surface area is 189 Å². The summed E-state index contributed by atoms with van der Waals surface area (Å²) in [4.78, 5) is 39.0. The first kappa shape index (κ1) is 24.3. The molecule has 0 aliphatic rings. The summed E-state index contributed by atoms with van der Waals surface area (Å²) in [6.45, 7) is 8.95. The number of nitrogens with two attached hydrogens (primary N) is 1. The van der Waals surface area contributed by atoms with Crippen LogP contribution < -0.4 is 16.4 Å². The maximum atomic E-state index is 12.9.